The Labute approximate surface area is 209 Å². The van der Waals surface area contributed by atoms with E-state index in [0.29, 0.717) is 36.4 Å². The first-order chi connectivity index (χ1) is 17.3. The SMILES string of the molecule is CCNC(=O)C(=CO)C(=O)c1cccc2c1N(C)C(c1ccc(-c3ccc(C(N)=O)cc3)cc1)CO2. The average molecular weight is 486 g/mol. The van der Waals surface area contributed by atoms with Gasteiger partial charge >= 0.3 is 0 Å². The molecule has 0 saturated carbocycles. The molecule has 1 unspecified atom stereocenters. The molecule has 36 heavy (non-hydrogen) atoms. The molecule has 1 atom stereocenters. The highest BCUT2D eigenvalue weighted by Crippen LogP contribution is 2.41. The number of likely N-dealkylation sites (N-methyl/N-ethyl adjacent to an activating group) is 2. The van der Waals surface area contributed by atoms with Gasteiger partial charge in [-0.1, -0.05) is 42.5 Å². The van der Waals surface area contributed by atoms with E-state index in [1.807, 2.05) is 48.3 Å². The largest absolute Gasteiger partial charge is 0.515 e. The van der Waals surface area contributed by atoms with Gasteiger partial charge in [-0.2, -0.15) is 0 Å². The van der Waals surface area contributed by atoms with Crippen LogP contribution >= 0.6 is 0 Å². The van der Waals surface area contributed by atoms with Crippen LogP contribution in [0.2, 0.25) is 0 Å². The fourth-order valence-corrected chi connectivity index (χ4v) is 4.29. The molecule has 0 aliphatic carbocycles. The molecule has 0 fully saturated rings. The zero-order chi connectivity index (χ0) is 25.8. The number of nitrogens with two attached hydrogens (primary N) is 1. The summed E-state index contributed by atoms with van der Waals surface area (Å²) in [6.07, 6.45) is 0.544. The van der Waals surface area contributed by atoms with E-state index < -0.39 is 17.6 Å². The molecule has 1 aliphatic rings. The molecule has 4 N–H and O–H groups in total. The predicted octanol–water partition coefficient (Wildman–Crippen LogP) is 3.78. The van der Waals surface area contributed by atoms with Crippen molar-refractivity contribution < 1.29 is 24.2 Å². The number of nitrogens with one attached hydrogen (secondary N) is 1. The van der Waals surface area contributed by atoms with Gasteiger partial charge in [0.2, 0.25) is 11.7 Å². The molecule has 4 rings (SSSR count). The third-order valence-corrected chi connectivity index (χ3v) is 6.21. The Hall–Kier alpha value is -4.59. The molecule has 184 valence electrons. The summed E-state index contributed by atoms with van der Waals surface area (Å²) < 4.78 is 6.00. The number of aliphatic hydroxyl groups is 1. The van der Waals surface area contributed by atoms with Gasteiger partial charge in [0.1, 0.15) is 17.9 Å². The quantitative estimate of drug-likeness (QED) is 0.154. The van der Waals surface area contributed by atoms with E-state index in [9.17, 15) is 19.5 Å². The summed E-state index contributed by atoms with van der Waals surface area (Å²) in [5, 5.41) is 12.2. The Morgan fingerprint density at radius 3 is 2.28 bits per heavy atom. The lowest BCUT2D eigenvalue weighted by molar-refractivity contribution is -0.117. The molecule has 1 aliphatic heterocycles. The third kappa shape index (κ3) is 4.65. The molecule has 3 aromatic rings. The number of ketones is 1. The minimum absolute atomic E-state index is 0.191. The third-order valence-electron chi connectivity index (χ3n) is 6.21. The van der Waals surface area contributed by atoms with E-state index in [4.69, 9.17) is 10.5 Å². The highest BCUT2D eigenvalue weighted by molar-refractivity contribution is 6.27. The van der Waals surface area contributed by atoms with Gasteiger partial charge in [-0.25, -0.2) is 0 Å². The van der Waals surface area contributed by atoms with Gasteiger partial charge in [-0.15, -0.1) is 0 Å². The Bertz CT molecular complexity index is 1330. The fourth-order valence-electron chi connectivity index (χ4n) is 4.29. The van der Waals surface area contributed by atoms with Crippen LogP contribution in [0, 0.1) is 0 Å². The number of benzene rings is 3. The second-order valence-electron chi connectivity index (χ2n) is 8.38. The Kier molecular flexibility index (Phi) is 7.05. The maximum Gasteiger partial charge on any atom is 0.258 e. The van der Waals surface area contributed by atoms with E-state index in [2.05, 4.69) is 5.32 Å². The first-order valence-electron chi connectivity index (χ1n) is 11.5. The van der Waals surface area contributed by atoms with Crippen molar-refractivity contribution in [2.24, 2.45) is 5.73 Å². The lowest BCUT2D eigenvalue weighted by atomic mass is 9.96. The number of aliphatic hydroxyl groups excluding tert-OH is 1. The highest BCUT2D eigenvalue weighted by Gasteiger charge is 2.32. The maximum absolute atomic E-state index is 13.2. The summed E-state index contributed by atoms with van der Waals surface area (Å²) in [4.78, 5) is 38.8. The topological polar surface area (TPSA) is 122 Å². The standard InChI is InChI=1S/C28H27N3O5/c1-3-30-28(35)22(15-32)26(33)21-5-4-6-24-25(21)31(2)23(16-36-24)19-11-7-17(8-12-19)18-9-13-20(14-10-18)27(29)34/h4-15,23,32H,3,16H2,1-2H3,(H2,29,34)(H,30,35). The number of nitrogens with zero attached hydrogens (tertiary/aromatic N) is 1. The van der Waals surface area contributed by atoms with Crippen LogP contribution in [-0.4, -0.2) is 42.9 Å². The fraction of sp³-hybridized carbons (Fsp3) is 0.179. The number of hydrogen-bond acceptors (Lipinski definition) is 6. The number of fused-ring (bicyclic) bond motifs is 1. The number of para-hydroxylation sites is 1. The Morgan fingerprint density at radius 2 is 1.69 bits per heavy atom. The van der Waals surface area contributed by atoms with Crippen molar-refractivity contribution in [1.29, 1.82) is 0 Å². The first-order valence-corrected chi connectivity index (χ1v) is 11.5. The van der Waals surface area contributed by atoms with Crippen molar-refractivity contribution in [2.45, 2.75) is 13.0 Å². The van der Waals surface area contributed by atoms with Gasteiger partial charge in [0, 0.05) is 19.2 Å². The van der Waals surface area contributed by atoms with E-state index in [0.717, 1.165) is 16.7 Å². The number of ether oxygens (including phenoxy) is 1. The molecular formula is C28H27N3O5. The van der Waals surface area contributed by atoms with Gasteiger partial charge in [-0.3, -0.25) is 14.4 Å². The second kappa shape index (κ2) is 10.4. The molecule has 2 amide bonds. The van der Waals surface area contributed by atoms with E-state index >= 15 is 0 Å². The zero-order valence-corrected chi connectivity index (χ0v) is 20.0. The van der Waals surface area contributed by atoms with Gasteiger partial charge < -0.3 is 25.8 Å². The second-order valence-corrected chi connectivity index (χ2v) is 8.38. The molecule has 0 spiro atoms. The van der Waals surface area contributed by atoms with Crippen LogP contribution in [0.3, 0.4) is 0 Å². The van der Waals surface area contributed by atoms with E-state index in [-0.39, 0.29) is 17.2 Å². The van der Waals surface area contributed by atoms with E-state index in [1.165, 1.54) is 0 Å². The molecule has 0 saturated heterocycles. The Balaban J connectivity index is 1.62. The number of rotatable bonds is 7. The minimum atomic E-state index is -0.641. The molecule has 3 aromatic carbocycles. The summed E-state index contributed by atoms with van der Waals surface area (Å²) in [7, 11) is 1.87. The summed E-state index contributed by atoms with van der Waals surface area (Å²) in [6, 6.07) is 19.9. The van der Waals surface area contributed by atoms with Crippen LogP contribution in [0.15, 0.2) is 78.6 Å². The monoisotopic (exact) mass is 485 g/mol. The average Bonchev–Trinajstić information content (AvgIpc) is 2.89. The van der Waals surface area contributed by atoms with Crippen molar-refractivity contribution in [3.05, 3.63) is 95.3 Å². The Morgan fingerprint density at radius 1 is 1.06 bits per heavy atom. The van der Waals surface area contributed by atoms with Crippen molar-refractivity contribution in [1.82, 2.24) is 5.32 Å². The van der Waals surface area contributed by atoms with Crippen molar-refractivity contribution in [2.75, 3.05) is 25.1 Å². The van der Waals surface area contributed by atoms with Crippen LogP contribution in [0.5, 0.6) is 5.75 Å². The first kappa shape index (κ1) is 24.5. The lowest BCUT2D eigenvalue weighted by Crippen LogP contribution is -2.35. The van der Waals surface area contributed by atoms with Crippen molar-refractivity contribution >= 4 is 23.3 Å². The number of amides is 2. The molecule has 8 heteroatoms. The number of Topliss-reactive ketones (excluding diaryl/α,β-unsaturated/α-hetero) is 1. The maximum atomic E-state index is 13.2. The molecule has 0 aromatic heterocycles. The summed E-state index contributed by atoms with van der Waals surface area (Å²) in [5.74, 6) is -1.17. The van der Waals surface area contributed by atoms with Gasteiger partial charge in [0.15, 0.2) is 0 Å². The van der Waals surface area contributed by atoms with Gasteiger partial charge in [0.25, 0.3) is 5.91 Å². The molecule has 1 heterocycles. The van der Waals surface area contributed by atoms with Crippen LogP contribution in [-0.2, 0) is 4.79 Å². The number of primary amides is 1. The van der Waals surface area contributed by atoms with Crippen molar-refractivity contribution in [3.63, 3.8) is 0 Å². The number of hydrogen-bond donors (Lipinski definition) is 3. The number of anilines is 1. The minimum Gasteiger partial charge on any atom is -0.515 e. The summed E-state index contributed by atoms with van der Waals surface area (Å²) in [6.45, 7) is 2.43. The van der Waals surface area contributed by atoms with Crippen LogP contribution in [0.4, 0.5) is 5.69 Å². The normalized spacial score (nSPS) is 15.0. The number of carbonyl (C=O) groups is 3. The smallest absolute Gasteiger partial charge is 0.258 e. The number of carbonyl (C=O) groups excluding carboxylic acids is 3. The zero-order valence-electron chi connectivity index (χ0n) is 20.0. The van der Waals surface area contributed by atoms with Crippen LogP contribution < -0.4 is 20.7 Å². The summed E-state index contributed by atoms with van der Waals surface area (Å²) in [5.41, 5.74) is 9.15. The van der Waals surface area contributed by atoms with Crippen molar-refractivity contribution in [3.8, 4) is 16.9 Å². The molecule has 0 radical (unpaired) electrons. The van der Waals surface area contributed by atoms with Crippen LogP contribution in [0.25, 0.3) is 11.1 Å². The molecule has 0 bridgehead atoms. The molecule has 8 nitrogen and oxygen atoms in total. The van der Waals surface area contributed by atoms with Gasteiger partial charge in [0.05, 0.1) is 23.6 Å². The summed E-state index contributed by atoms with van der Waals surface area (Å²) >= 11 is 0. The van der Waals surface area contributed by atoms with Crippen LogP contribution in [0.1, 0.15) is 39.2 Å². The van der Waals surface area contributed by atoms with E-state index in [1.54, 1.807) is 37.3 Å². The predicted molar refractivity (Wildman–Crippen MR) is 137 cm³/mol. The lowest BCUT2D eigenvalue weighted by Gasteiger charge is -2.37. The molecular weight excluding hydrogens is 458 g/mol. The highest BCUT2D eigenvalue weighted by atomic mass is 16.5. The van der Waals surface area contributed by atoms with Gasteiger partial charge in [-0.05, 0) is 47.9 Å².